The van der Waals surface area contributed by atoms with Gasteiger partial charge in [0, 0.05) is 20.1 Å². The van der Waals surface area contributed by atoms with E-state index in [4.69, 9.17) is 5.73 Å². The summed E-state index contributed by atoms with van der Waals surface area (Å²) in [5.41, 5.74) is 5.99. The van der Waals surface area contributed by atoms with E-state index in [0.717, 1.165) is 18.7 Å². The summed E-state index contributed by atoms with van der Waals surface area (Å²) in [5.74, 6) is 0.731. The van der Waals surface area contributed by atoms with Gasteiger partial charge in [0.25, 0.3) is 0 Å². The first-order valence-corrected chi connectivity index (χ1v) is 3.89. The maximum Gasteiger partial charge on any atom is 0.169 e. The third kappa shape index (κ3) is 1.68. The number of carbonyl (C=O) groups excluding carboxylic acids is 1. The molecule has 5 nitrogen and oxygen atoms in total. The summed E-state index contributed by atoms with van der Waals surface area (Å²) in [7, 11) is 1.76. The van der Waals surface area contributed by atoms with Crippen LogP contribution in [0.2, 0.25) is 0 Å². The van der Waals surface area contributed by atoms with Gasteiger partial charge in [0.2, 0.25) is 0 Å². The summed E-state index contributed by atoms with van der Waals surface area (Å²) in [6, 6.07) is 0.141. The predicted octanol–water partition coefficient (Wildman–Crippen LogP) is -1.91. The normalized spacial score (nSPS) is 22.7. The minimum absolute atomic E-state index is 0.141. The topological polar surface area (TPSA) is 79.2 Å². The Morgan fingerprint density at radius 1 is 1.83 bits per heavy atom. The Balaban J connectivity index is 2.69. The van der Waals surface area contributed by atoms with Crippen LogP contribution in [0.25, 0.3) is 0 Å². The van der Waals surface area contributed by atoms with Gasteiger partial charge in [0.15, 0.2) is 6.29 Å². The number of nitrogens with two attached hydrogens (primary N) is 1. The van der Waals surface area contributed by atoms with Crippen LogP contribution >= 0.6 is 0 Å². The van der Waals surface area contributed by atoms with Gasteiger partial charge in [-0.25, -0.2) is 0 Å². The van der Waals surface area contributed by atoms with Crippen molar-refractivity contribution in [2.75, 3.05) is 20.1 Å². The fourth-order valence-electron chi connectivity index (χ4n) is 1.12. The molecule has 5 N–H and O–H groups in total. The number of rotatable bonds is 3. The first-order chi connectivity index (χ1) is 5.81. The molecule has 1 heterocycles. The molecule has 0 saturated carbocycles. The maximum absolute atomic E-state index is 10.5. The molecular weight excluding hydrogens is 156 g/mol. The summed E-state index contributed by atoms with van der Waals surface area (Å²) < 4.78 is 0. The average molecular weight is 170 g/mol. The summed E-state index contributed by atoms with van der Waals surface area (Å²) in [6.45, 7) is 1.26. The van der Waals surface area contributed by atoms with Crippen molar-refractivity contribution in [1.82, 2.24) is 16.0 Å². The third-order valence-electron chi connectivity index (χ3n) is 1.81. The Labute approximate surface area is 71.4 Å². The van der Waals surface area contributed by atoms with Crippen molar-refractivity contribution < 1.29 is 4.79 Å². The lowest BCUT2D eigenvalue weighted by Gasteiger charge is -2.27. The van der Waals surface area contributed by atoms with E-state index in [0.29, 0.717) is 12.2 Å². The number of aldehydes is 1. The summed E-state index contributed by atoms with van der Waals surface area (Å²) in [4.78, 5) is 10.5. The van der Waals surface area contributed by atoms with Gasteiger partial charge in [-0.05, 0) is 0 Å². The Kier molecular flexibility index (Phi) is 2.93. The molecule has 1 aliphatic heterocycles. The zero-order chi connectivity index (χ0) is 8.97. The Hall–Kier alpha value is -1.23. The number of allylic oxidation sites excluding steroid dienone is 1. The van der Waals surface area contributed by atoms with Gasteiger partial charge in [0.1, 0.15) is 11.5 Å². The molecule has 68 valence electrons. The SMILES string of the molecule is CNC1=C(C=O)NC(CN)CN1. The second kappa shape index (κ2) is 3.96. The zero-order valence-electron chi connectivity index (χ0n) is 7.05. The largest absolute Gasteiger partial charge is 0.374 e. The van der Waals surface area contributed by atoms with Crippen LogP contribution in [0.15, 0.2) is 11.5 Å². The Morgan fingerprint density at radius 2 is 2.58 bits per heavy atom. The number of nitrogens with one attached hydrogen (secondary N) is 3. The van der Waals surface area contributed by atoms with Crippen molar-refractivity contribution in [3.8, 4) is 0 Å². The molecule has 0 radical (unpaired) electrons. The number of carbonyl (C=O) groups is 1. The van der Waals surface area contributed by atoms with E-state index in [2.05, 4.69) is 16.0 Å². The van der Waals surface area contributed by atoms with Crippen LogP contribution in [0.3, 0.4) is 0 Å². The first-order valence-electron chi connectivity index (χ1n) is 3.89. The lowest BCUT2D eigenvalue weighted by Crippen LogP contribution is -2.50. The highest BCUT2D eigenvalue weighted by molar-refractivity contribution is 5.73. The van der Waals surface area contributed by atoms with Crippen LogP contribution in [0.4, 0.5) is 0 Å². The monoisotopic (exact) mass is 170 g/mol. The van der Waals surface area contributed by atoms with Gasteiger partial charge in [-0.2, -0.15) is 0 Å². The molecule has 0 spiro atoms. The molecule has 12 heavy (non-hydrogen) atoms. The molecule has 0 aromatic heterocycles. The van der Waals surface area contributed by atoms with E-state index in [9.17, 15) is 4.79 Å². The van der Waals surface area contributed by atoms with Gasteiger partial charge in [-0.1, -0.05) is 0 Å². The maximum atomic E-state index is 10.5. The highest BCUT2D eigenvalue weighted by atomic mass is 16.1. The highest BCUT2D eigenvalue weighted by Gasteiger charge is 2.16. The standard InChI is InChI=1S/C7H14N4O/c1-9-7-6(4-12)11-5(2-8)3-10-7/h4-5,9-11H,2-3,8H2,1H3. The van der Waals surface area contributed by atoms with E-state index in [-0.39, 0.29) is 6.04 Å². The lowest BCUT2D eigenvalue weighted by molar-refractivity contribution is -0.105. The Bertz CT molecular complexity index is 202. The molecule has 0 amide bonds. The average Bonchev–Trinajstić information content (AvgIpc) is 2.16. The lowest BCUT2D eigenvalue weighted by atomic mass is 10.2. The molecule has 0 aromatic rings. The summed E-state index contributed by atoms with van der Waals surface area (Å²) >= 11 is 0. The molecule has 0 saturated heterocycles. The van der Waals surface area contributed by atoms with Crippen LogP contribution in [0.5, 0.6) is 0 Å². The number of hydrogen-bond acceptors (Lipinski definition) is 5. The van der Waals surface area contributed by atoms with Gasteiger partial charge in [0.05, 0.1) is 6.04 Å². The molecule has 0 bridgehead atoms. The molecule has 0 aromatic carbocycles. The van der Waals surface area contributed by atoms with Crippen LogP contribution in [-0.4, -0.2) is 32.5 Å². The molecule has 1 atom stereocenters. The molecule has 1 rings (SSSR count). The summed E-state index contributed by atoms with van der Waals surface area (Å²) in [6.07, 6.45) is 0.778. The summed E-state index contributed by atoms with van der Waals surface area (Å²) in [5, 5.41) is 8.96. The first kappa shape index (κ1) is 8.86. The molecule has 1 aliphatic rings. The van der Waals surface area contributed by atoms with Gasteiger partial charge < -0.3 is 21.7 Å². The minimum atomic E-state index is 0.141. The quantitative estimate of drug-likeness (QED) is 0.372. The molecular formula is C7H14N4O. The highest BCUT2D eigenvalue weighted by Crippen LogP contribution is 1.98. The van der Waals surface area contributed by atoms with E-state index in [1.807, 2.05) is 0 Å². The molecule has 5 heteroatoms. The van der Waals surface area contributed by atoms with E-state index < -0.39 is 0 Å². The predicted molar refractivity (Wildman–Crippen MR) is 46.1 cm³/mol. The second-order valence-electron chi connectivity index (χ2n) is 2.61. The number of hydrogen-bond donors (Lipinski definition) is 4. The minimum Gasteiger partial charge on any atom is -0.374 e. The van der Waals surface area contributed by atoms with Crippen molar-refractivity contribution in [3.05, 3.63) is 11.5 Å². The van der Waals surface area contributed by atoms with Gasteiger partial charge in [-0.3, -0.25) is 4.79 Å². The van der Waals surface area contributed by atoms with Crippen LogP contribution in [-0.2, 0) is 4.79 Å². The van der Waals surface area contributed by atoms with Crippen LogP contribution in [0, 0.1) is 0 Å². The van der Waals surface area contributed by atoms with E-state index in [1.54, 1.807) is 7.05 Å². The van der Waals surface area contributed by atoms with E-state index in [1.165, 1.54) is 0 Å². The van der Waals surface area contributed by atoms with Crippen molar-refractivity contribution in [2.45, 2.75) is 6.04 Å². The van der Waals surface area contributed by atoms with Crippen molar-refractivity contribution in [2.24, 2.45) is 5.73 Å². The second-order valence-corrected chi connectivity index (χ2v) is 2.61. The smallest absolute Gasteiger partial charge is 0.169 e. The van der Waals surface area contributed by atoms with Gasteiger partial charge in [-0.15, -0.1) is 0 Å². The van der Waals surface area contributed by atoms with Crippen LogP contribution in [0.1, 0.15) is 0 Å². The Morgan fingerprint density at radius 3 is 3.08 bits per heavy atom. The van der Waals surface area contributed by atoms with Crippen LogP contribution < -0.4 is 21.7 Å². The van der Waals surface area contributed by atoms with E-state index >= 15 is 0 Å². The van der Waals surface area contributed by atoms with Gasteiger partial charge >= 0.3 is 0 Å². The van der Waals surface area contributed by atoms with Crippen molar-refractivity contribution >= 4 is 6.29 Å². The fraction of sp³-hybridized carbons (Fsp3) is 0.571. The molecule has 0 aliphatic carbocycles. The fourth-order valence-corrected chi connectivity index (χ4v) is 1.12. The van der Waals surface area contributed by atoms with Crippen molar-refractivity contribution in [3.63, 3.8) is 0 Å². The van der Waals surface area contributed by atoms with Crippen molar-refractivity contribution in [1.29, 1.82) is 0 Å². The zero-order valence-corrected chi connectivity index (χ0v) is 7.05. The molecule has 0 fully saturated rings. The third-order valence-corrected chi connectivity index (χ3v) is 1.81. The molecule has 1 unspecified atom stereocenters.